The van der Waals surface area contributed by atoms with Crippen LogP contribution in [0.3, 0.4) is 0 Å². The van der Waals surface area contributed by atoms with Crippen LogP contribution in [-0.4, -0.2) is 36.4 Å². The Labute approximate surface area is 91.0 Å². The molecule has 0 bridgehead atoms. The van der Waals surface area contributed by atoms with Crippen LogP contribution < -0.4 is 5.32 Å². The summed E-state index contributed by atoms with van der Waals surface area (Å²) in [6.07, 6.45) is 4.78. The quantitative estimate of drug-likeness (QED) is 0.703. The first kappa shape index (κ1) is 12.5. The monoisotopic (exact) mass is 215 g/mol. The predicted molar refractivity (Wildman–Crippen MR) is 57.9 cm³/mol. The fourth-order valence-electron chi connectivity index (χ4n) is 1.74. The summed E-state index contributed by atoms with van der Waals surface area (Å²) < 4.78 is 5.58. The van der Waals surface area contributed by atoms with Crippen LogP contribution in [0.5, 0.6) is 0 Å². The van der Waals surface area contributed by atoms with Gasteiger partial charge in [-0.05, 0) is 32.6 Å². The van der Waals surface area contributed by atoms with E-state index < -0.39 is 5.97 Å². The van der Waals surface area contributed by atoms with E-state index in [1.807, 2.05) is 6.92 Å². The summed E-state index contributed by atoms with van der Waals surface area (Å²) in [5.41, 5.74) is 0. The zero-order valence-corrected chi connectivity index (χ0v) is 9.37. The Kier molecular flexibility index (Phi) is 5.65. The Balaban J connectivity index is 2.04. The Morgan fingerprint density at radius 3 is 3.00 bits per heavy atom. The molecule has 0 spiro atoms. The molecule has 1 saturated heterocycles. The van der Waals surface area contributed by atoms with Crippen molar-refractivity contribution in [3.63, 3.8) is 0 Å². The normalized spacial score (nSPS) is 23.7. The molecule has 4 heteroatoms. The fraction of sp³-hybridized carbons (Fsp3) is 0.909. The van der Waals surface area contributed by atoms with E-state index in [1.165, 1.54) is 12.8 Å². The summed E-state index contributed by atoms with van der Waals surface area (Å²) >= 11 is 0. The first-order chi connectivity index (χ1) is 7.18. The Hall–Kier alpha value is -0.610. The molecule has 0 saturated carbocycles. The van der Waals surface area contributed by atoms with Gasteiger partial charge in [-0.15, -0.1) is 0 Å². The van der Waals surface area contributed by atoms with E-state index in [4.69, 9.17) is 9.84 Å². The van der Waals surface area contributed by atoms with Gasteiger partial charge in [0.15, 0.2) is 0 Å². The molecule has 1 aliphatic rings. The van der Waals surface area contributed by atoms with Gasteiger partial charge in [0, 0.05) is 25.6 Å². The lowest BCUT2D eigenvalue weighted by molar-refractivity contribution is -0.137. The lowest BCUT2D eigenvalue weighted by atomic mass is 10.1. The standard InChI is InChI=1S/C11H21NO3/c1-9(5-6-11(13)14)12-8-10-4-2-3-7-15-10/h9-10,12H,2-8H2,1H3,(H,13,14). The number of hydrogen-bond acceptors (Lipinski definition) is 3. The summed E-state index contributed by atoms with van der Waals surface area (Å²) in [5.74, 6) is -0.724. The molecule has 0 aliphatic carbocycles. The van der Waals surface area contributed by atoms with Gasteiger partial charge in [-0.2, -0.15) is 0 Å². The summed E-state index contributed by atoms with van der Waals surface area (Å²) in [5, 5.41) is 11.8. The molecule has 4 nitrogen and oxygen atoms in total. The van der Waals surface area contributed by atoms with Gasteiger partial charge >= 0.3 is 5.97 Å². The zero-order valence-electron chi connectivity index (χ0n) is 9.37. The van der Waals surface area contributed by atoms with Crippen molar-refractivity contribution in [3.05, 3.63) is 0 Å². The average molecular weight is 215 g/mol. The lowest BCUT2D eigenvalue weighted by Gasteiger charge is -2.24. The fourth-order valence-corrected chi connectivity index (χ4v) is 1.74. The minimum atomic E-state index is -0.724. The zero-order chi connectivity index (χ0) is 11.1. The van der Waals surface area contributed by atoms with Crippen molar-refractivity contribution in [1.29, 1.82) is 0 Å². The van der Waals surface area contributed by atoms with Crippen LogP contribution in [0, 0.1) is 0 Å². The maximum Gasteiger partial charge on any atom is 0.303 e. The summed E-state index contributed by atoms with van der Waals surface area (Å²) in [4.78, 5) is 10.4. The highest BCUT2D eigenvalue weighted by Crippen LogP contribution is 2.12. The highest BCUT2D eigenvalue weighted by molar-refractivity contribution is 5.66. The molecule has 0 aromatic heterocycles. The molecule has 15 heavy (non-hydrogen) atoms. The van der Waals surface area contributed by atoms with E-state index in [1.54, 1.807) is 0 Å². The molecule has 2 N–H and O–H groups in total. The topological polar surface area (TPSA) is 58.6 Å². The average Bonchev–Trinajstić information content (AvgIpc) is 2.25. The summed E-state index contributed by atoms with van der Waals surface area (Å²) in [6, 6.07) is 0.256. The van der Waals surface area contributed by atoms with Crippen molar-refractivity contribution >= 4 is 5.97 Å². The maximum absolute atomic E-state index is 10.4. The van der Waals surface area contributed by atoms with E-state index in [2.05, 4.69) is 5.32 Å². The number of hydrogen-bond donors (Lipinski definition) is 2. The van der Waals surface area contributed by atoms with Crippen molar-refractivity contribution in [2.45, 2.75) is 51.2 Å². The predicted octanol–water partition coefficient (Wildman–Crippen LogP) is 1.40. The van der Waals surface area contributed by atoms with E-state index in [0.717, 1.165) is 19.6 Å². The second-order valence-electron chi connectivity index (χ2n) is 4.23. The largest absolute Gasteiger partial charge is 0.481 e. The van der Waals surface area contributed by atoms with Crippen LogP contribution in [0.1, 0.15) is 39.0 Å². The smallest absolute Gasteiger partial charge is 0.303 e. The lowest BCUT2D eigenvalue weighted by Crippen LogP contribution is -2.36. The minimum absolute atomic E-state index is 0.236. The molecule has 1 aliphatic heterocycles. The van der Waals surface area contributed by atoms with Gasteiger partial charge in [0.1, 0.15) is 0 Å². The molecule has 0 aromatic rings. The highest BCUT2D eigenvalue weighted by atomic mass is 16.5. The van der Waals surface area contributed by atoms with E-state index in [-0.39, 0.29) is 12.5 Å². The van der Waals surface area contributed by atoms with Crippen molar-refractivity contribution < 1.29 is 14.6 Å². The first-order valence-corrected chi connectivity index (χ1v) is 5.75. The van der Waals surface area contributed by atoms with Crippen LogP contribution >= 0.6 is 0 Å². The molecule has 2 unspecified atom stereocenters. The second-order valence-corrected chi connectivity index (χ2v) is 4.23. The molecule has 2 atom stereocenters. The molecule has 1 rings (SSSR count). The SMILES string of the molecule is CC(CCC(=O)O)NCC1CCCCO1. The highest BCUT2D eigenvalue weighted by Gasteiger charge is 2.14. The van der Waals surface area contributed by atoms with Gasteiger partial charge in [-0.25, -0.2) is 0 Å². The molecule has 0 aromatic carbocycles. The number of aliphatic carboxylic acids is 1. The number of carboxylic acid groups (broad SMARTS) is 1. The van der Waals surface area contributed by atoms with Crippen LogP contribution in [0.2, 0.25) is 0 Å². The first-order valence-electron chi connectivity index (χ1n) is 5.75. The van der Waals surface area contributed by atoms with E-state index in [9.17, 15) is 4.79 Å². The van der Waals surface area contributed by atoms with Crippen molar-refractivity contribution in [1.82, 2.24) is 5.32 Å². The van der Waals surface area contributed by atoms with Crippen LogP contribution in [-0.2, 0) is 9.53 Å². The van der Waals surface area contributed by atoms with Crippen molar-refractivity contribution in [2.75, 3.05) is 13.2 Å². The van der Waals surface area contributed by atoms with Gasteiger partial charge in [0.2, 0.25) is 0 Å². The summed E-state index contributed by atoms with van der Waals surface area (Å²) in [6.45, 7) is 3.74. The Morgan fingerprint density at radius 1 is 1.60 bits per heavy atom. The third-order valence-electron chi connectivity index (χ3n) is 2.76. The molecule has 1 fully saturated rings. The third kappa shape index (κ3) is 5.74. The Bertz CT molecular complexity index is 190. The number of rotatable bonds is 6. The number of carboxylic acids is 1. The van der Waals surface area contributed by atoms with Gasteiger partial charge in [-0.3, -0.25) is 4.79 Å². The number of carbonyl (C=O) groups is 1. The second kappa shape index (κ2) is 6.80. The van der Waals surface area contributed by atoms with E-state index >= 15 is 0 Å². The molecular weight excluding hydrogens is 194 g/mol. The third-order valence-corrected chi connectivity index (χ3v) is 2.76. The van der Waals surface area contributed by atoms with Gasteiger partial charge in [0.05, 0.1) is 6.10 Å². The minimum Gasteiger partial charge on any atom is -0.481 e. The molecule has 88 valence electrons. The van der Waals surface area contributed by atoms with E-state index in [0.29, 0.717) is 12.5 Å². The van der Waals surface area contributed by atoms with Crippen LogP contribution in [0.15, 0.2) is 0 Å². The van der Waals surface area contributed by atoms with Gasteiger partial charge in [0.25, 0.3) is 0 Å². The summed E-state index contributed by atoms with van der Waals surface area (Å²) in [7, 11) is 0. The maximum atomic E-state index is 10.4. The van der Waals surface area contributed by atoms with Crippen molar-refractivity contribution in [2.24, 2.45) is 0 Å². The van der Waals surface area contributed by atoms with Gasteiger partial charge in [-0.1, -0.05) is 0 Å². The molecular formula is C11H21NO3. The van der Waals surface area contributed by atoms with Crippen LogP contribution in [0.25, 0.3) is 0 Å². The van der Waals surface area contributed by atoms with Gasteiger partial charge < -0.3 is 15.2 Å². The van der Waals surface area contributed by atoms with Crippen molar-refractivity contribution in [3.8, 4) is 0 Å². The molecule has 0 radical (unpaired) electrons. The number of ether oxygens (including phenoxy) is 1. The molecule has 1 heterocycles. The Morgan fingerprint density at radius 2 is 2.40 bits per heavy atom. The number of nitrogens with one attached hydrogen (secondary N) is 1. The molecule has 0 amide bonds. The van der Waals surface area contributed by atoms with Crippen LogP contribution in [0.4, 0.5) is 0 Å².